The van der Waals surface area contributed by atoms with Crippen molar-refractivity contribution in [1.82, 2.24) is 15.1 Å². The number of aliphatic hydroxyl groups is 1. The Balaban J connectivity index is 1.36. The third-order valence-electron chi connectivity index (χ3n) is 4.58. The van der Waals surface area contributed by atoms with Crippen molar-refractivity contribution in [3.8, 4) is 5.75 Å². The van der Waals surface area contributed by atoms with Gasteiger partial charge < -0.3 is 20.1 Å². The van der Waals surface area contributed by atoms with Gasteiger partial charge in [0.15, 0.2) is 0 Å². The van der Waals surface area contributed by atoms with Gasteiger partial charge in [0.25, 0.3) is 0 Å². The molecular weight excluding hydrogens is 330 g/mol. The maximum atomic E-state index is 12.4. The summed E-state index contributed by atoms with van der Waals surface area (Å²) < 4.78 is 5.71. The SMILES string of the molecule is O=C(C1CC(O)CN1)N1CCN(CCOc2ccc(Cl)cc2)CC1. The van der Waals surface area contributed by atoms with E-state index in [1.54, 1.807) is 0 Å². The number of amides is 1. The maximum Gasteiger partial charge on any atom is 0.239 e. The van der Waals surface area contributed by atoms with Gasteiger partial charge in [0.05, 0.1) is 12.1 Å². The molecule has 2 saturated heterocycles. The number of hydrogen-bond donors (Lipinski definition) is 2. The first-order valence-corrected chi connectivity index (χ1v) is 8.80. The molecule has 0 saturated carbocycles. The van der Waals surface area contributed by atoms with E-state index in [2.05, 4.69) is 10.2 Å². The van der Waals surface area contributed by atoms with E-state index in [9.17, 15) is 9.90 Å². The zero-order chi connectivity index (χ0) is 16.9. The molecule has 7 heteroatoms. The van der Waals surface area contributed by atoms with Crippen molar-refractivity contribution in [3.63, 3.8) is 0 Å². The van der Waals surface area contributed by atoms with Crippen molar-refractivity contribution < 1.29 is 14.6 Å². The first kappa shape index (κ1) is 17.5. The van der Waals surface area contributed by atoms with Crippen LogP contribution in [0.15, 0.2) is 24.3 Å². The third kappa shape index (κ3) is 4.60. The summed E-state index contributed by atoms with van der Waals surface area (Å²) in [5.41, 5.74) is 0. The lowest BCUT2D eigenvalue weighted by Crippen LogP contribution is -2.53. The lowest BCUT2D eigenvalue weighted by Gasteiger charge is -2.35. The molecule has 0 spiro atoms. The van der Waals surface area contributed by atoms with E-state index in [0.29, 0.717) is 24.6 Å². The van der Waals surface area contributed by atoms with Crippen LogP contribution in [0.2, 0.25) is 5.02 Å². The smallest absolute Gasteiger partial charge is 0.239 e. The van der Waals surface area contributed by atoms with Crippen LogP contribution < -0.4 is 10.1 Å². The average molecular weight is 354 g/mol. The predicted molar refractivity (Wildman–Crippen MR) is 92.4 cm³/mol. The summed E-state index contributed by atoms with van der Waals surface area (Å²) in [7, 11) is 0. The molecule has 1 aromatic carbocycles. The number of nitrogens with zero attached hydrogens (tertiary/aromatic N) is 2. The minimum atomic E-state index is -0.398. The van der Waals surface area contributed by atoms with Gasteiger partial charge in [-0.15, -0.1) is 0 Å². The minimum Gasteiger partial charge on any atom is -0.492 e. The summed E-state index contributed by atoms with van der Waals surface area (Å²) >= 11 is 5.85. The molecule has 2 heterocycles. The van der Waals surface area contributed by atoms with Crippen molar-refractivity contribution in [2.45, 2.75) is 18.6 Å². The second-order valence-electron chi connectivity index (χ2n) is 6.32. The summed E-state index contributed by atoms with van der Waals surface area (Å²) in [6.07, 6.45) is 0.124. The van der Waals surface area contributed by atoms with Crippen molar-refractivity contribution in [3.05, 3.63) is 29.3 Å². The van der Waals surface area contributed by atoms with Crippen LogP contribution in [-0.2, 0) is 4.79 Å². The number of ether oxygens (including phenoxy) is 1. The molecule has 24 heavy (non-hydrogen) atoms. The van der Waals surface area contributed by atoms with Crippen LogP contribution in [0.3, 0.4) is 0 Å². The average Bonchev–Trinajstić information content (AvgIpc) is 3.03. The normalized spacial score (nSPS) is 25.0. The molecule has 0 bridgehead atoms. The summed E-state index contributed by atoms with van der Waals surface area (Å²) in [5, 5.41) is 13.3. The van der Waals surface area contributed by atoms with Gasteiger partial charge in [0, 0.05) is 44.3 Å². The number of halogens is 1. The lowest BCUT2D eigenvalue weighted by molar-refractivity contribution is -0.135. The molecule has 2 unspecified atom stereocenters. The van der Waals surface area contributed by atoms with Crippen molar-refractivity contribution in [2.75, 3.05) is 45.9 Å². The molecule has 0 aliphatic carbocycles. The fraction of sp³-hybridized carbons (Fsp3) is 0.588. The monoisotopic (exact) mass is 353 g/mol. The van der Waals surface area contributed by atoms with Crippen molar-refractivity contribution in [2.24, 2.45) is 0 Å². The number of benzene rings is 1. The van der Waals surface area contributed by atoms with Gasteiger partial charge in [-0.05, 0) is 30.7 Å². The van der Waals surface area contributed by atoms with Gasteiger partial charge in [0.2, 0.25) is 5.91 Å². The zero-order valence-corrected chi connectivity index (χ0v) is 14.4. The molecule has 2 N–H and O–H groups in total. The van der Waals surface area contributed by atoms with Gasteiger partial charge in [0.1, 0.15) is 12.4 Å². The Hall–Kier alpha value is -1.34. The van der Waals surface area contributed by atoms with Crippen LogP contribution in [-0.4, -0.2) is 78.8 Å². The number of hydrogen-bond acceptors (Lipinski definition) is 5. The largest absolute Gasteiger partial charge is 0.492 e. The Morgan fingerprint density at radius 1 is 1.25 bits per heavy atom. The Morgan fingerprint density at radius 2 is 1.96 bits per heavy atom. The molecule has 3 rings (SSSR count). The number of nitrogens with one attached hydrogen (secondary N) is 1. The molecule has 2 aliphatic heterocycles. The first-order valence-electron chi connectivity index (χ1n) is 8.43. The van der Waals surface area contributed by atoms with Gasteiger partial charge >= 0.3 is 0 Å². The number of aliphatic hydroxyl groups excluding tert-OH is 1. The number of rotatable bonds is 5. The van der Waals surface area contributed by atoms with E-state index in [4.69, 9.17) is 16.3 Å². The number of piperazine rings is 1. The molecule has 1 aromatic rings. The van der Waals surface area contributed by atoms with E-state index in [0.717, 1.165) is 38.5 Å². The van der Waals surface area contributed by atoms with Crippen LogP contribution in [0.5, 0.6) is 5.75 Å². The summed E-state index contributed by atoms with van der Waals surface area (Å²) in [4.78, 5) is 16.6. The number of β-amino-alcohol motifs (C(OH)–C–C–N with tert-alkyl or cyclic N) is 1. The molecule has 6 nitrogen and oxygen atoms in total. The highest BCUT2D eigenvalue weighted by Crippen LogP contribution is 2.16. The molecule has 0 radical (unpaired) electrons. The summed E-state index contributed by atoms with van der Waals surface area (Å²) in [5.74, 6) is 0.933. The van der Waals surface area contributed by atoms with E-state index in [-0.39, 0.29) is 11.9 Å². The molecule has 132 valence electrons. The van der Waals surface area contributed by atoms with Crippen LogP contribution in [0.4, 0.5) is 0 Å². The van der Waals surface area contributed by atoms with Crippen LogP contribution >= 0.6 is 11.6 Å². The number of carbonyl (C=O) groups excluding carboxylic acids is 1. The number of carbonyl (C=O) groups is 1. The fourth-order valence-corrected chi connectivity index (χ4v) is 3.27. The van der Waals surface area contributed by atoms with Gasteiger partial charge in [-0.3, -0.25) is 9.69 Å². The Labute approximate surface area is 147 Å². The van der Waals surface area contributed by atoms with E-state index in [1.807, 2.05) is 29.2 Å². The highest BCUT2D eigenvalue weighted by Gasteiger charge is 2.32. The molecule has 2 atom stereocenters. The Morgan fingerprint density at radius 3 is 2.58 bits per heavy atom. The second kappa shape index (κ2) is 8.16. The van der Waals surface area contributed by atoms with Gasteiger partial charge in [-0.1, -0.05) is 11.6 Å². The molecule has 1 amide bonds. The minimum absolute atomic E-state index is 0.114. The van der Waals surface area contributed by atoms with E-state index >= 15 is 0 Å². The van der Waals surface area contributed by atoms with Crippen LogP contribution in [0, 0.1) is 0 Å². The van der Waals surface area contributed by atoms with E-state index < -0.39 is 6.10 Å². The quantitative estimate of drug-likeness (QED) is 0.811. The van der Waals surface area contributed by atoms with Gasteiger partial charge in [-0.25, -0.2) is 0 Å². The van der Waals surface area contributed by atoms with Crippen LogP contribution in [0.25, 0.3) is 0 Å². The molecular formula is C17H24ClN3O3. The Bertz CT molecular complexity index is 547. The highest BCUT2D eigenvalue weighted by atomic mass is 35.5. The van der Waals surface area contributed by atoms with Gasteiger partial charge in [-0.2, -0.15) is 0 Å². The third-order valence-corrected chi connectivity index (χ3v) is 4.83. The summed E-state index contributed by atoms with van der Waals surface area (Å²) in [6.45, 7) is 5.13. The van der Waals surface area contributed by atoms with E-state index in [1.165, 1.54) is 0 Å². The maximum absolute atomic E-state index is 12.4. The topological polar surface area (TPSA) is 65.0 Å². The lowest BCUT2D eigenvalue weighted by atomic mass is 10.1. The predicted octanol–water partition coefficient (Wildman–Crippen LogP) is 0.586. The highest BCUT2D eigenvalue weighted by molar-refractivity contribution is 6.30. The fourth-order valence-electron chi connectivity index (χ4n) is 3.14. The molecule has 2 fully saturated rings. The zero-order valence-electron chi connectivity index (χ0n) is 13.7. The molecule has 0 aromatic heterocycles. The van der Waals surface area contributed by atoms with Crippen molar-refractivity contribution in [1.29, 1.82) is 0 Å². The first-order chi connectivity index (χ1) is 11.6. The van der Waals surface area contributed by atoms with Crippen LogP contribution in [0.1, 0.15) is 6.42 Å². The second-order valence-corrected chi connectivity index (χ2v) is 6.76. The summed E-state index contributed by atoms with van der Waals surface area (Å²) in [6, 6.07) is 7.13. The van der Waals surface area contributed by atoms with Crippen molar-refractivity contribution >= 4 is 17.5 Å². The standard InChI is InChI=1S/C17H24ClN3O3/c18-13-1-3-15(4-2-13)24-10-9-20-5-7-21(8-6-20)17(23)16-11-14(22)12-19-16/h1-4,14,16,19,22H,5-12H2. The Kier molecular flexibility index (Phi) is 5.94. The molecule has 2 aliphatic rings.